The summed E-state index contributed by atoms with van der Waals surface area (Å²) in [5.74, 6) is 0.120. The number of carbonyl (C=O) groups is 1. The maximum atomic E-state index is 12.6. The molecule has 4 heteroatoms. The van der Waals surface area contributed by atoms with E-state index < -0.39 is 0 Å². The molecule has 1 saturated heterocycles. The van der Waals surface area contributed by atoms with Crippen LogP contribution in [0.4, 0.5) is 0 Å². The molecule has 0 aromatic carbocycles. The van der Waals surface area contributed by atoms with Crippen molar-refractivity contribution in [3.8, 4) is 6.07 Å². The molecule has 1 heterocycles. The van der Waals surface area contributed by atoms with Crippen LogP contribution in [0.1, 0.15) is 46.5 Å². The maximum Gasteiger partial charge on any atom is 0.241 e. The molecule has 1 aliphatic heterocycles. The molecule has 0 bridgehead atoms. The zero-order chi connectivity index (χ0) is 13.8. The number of nitrogens with zero attached hydrogens (tertiary/aromatic N) is 3. The van der Waals surface area contributed by atoms with Gasteiger partial charge in [-0.15, -0.1) is 0 Å². The number of nitriles is 1. The van der Waals surface area contributed by atoms with E-state index in [2.05, 4.69) is 26.8 Å². The summed E-state index contributed by atoms with van der Waals surface area (Å²) in [5.41, 5.74) is -0.106. The predicted octanol–water partition coefficient (Wildman–Crippen LogP) is 2.01. The van der Waals surface area contributed by atoms with Crippen LogP contribution in [-0.2, 0) is 4.79 Å². The maximum absolute atomic E-state index is 12.6. The highest BCUT2D eigenvalue weighted by Gasteiger charge is 2.39. The first-order valence-corrected chi connectivity index (χ1v) is 6.82. The topological polar surface area (TPSA) is 47.3 Å². The normalized spacial score (nSPS) is 24.7. The number of unbranched alkanes of at least 4 members (excludes halogenated alkanes) is 1. The van der Waals surface area contributed by atoms with Gasteiger partial charge in [-0.3, -0.25) is 9.69 Å². The van der Waals surface area contributed by atoms with Gasteiger partial charge in [0.05, 0.1) is 12.5 Å². The Morgan fingerprint density at radius 1 is 1.50 bits per heavy atom. The SMILES string of the molecule is CCCCN1C(=O)C(CC#N)N(C)CCC1(C)C. The number of hydrogen-bond donors (Lipinski definition) is 0. The third-order valence-corrected chi connectivity index (χ3v) is 3.91. The molecule has 1 fully saturated rings. The van der Waals surface area contributed by atoms with Crippen molar-refractivity contribution in [3.05, 3.63) is 0 Å². The van der Waals surface area contributed by atoms with Crippen molar-refractivity contribution in [1.29, 1.82) is 5.26 Å². The number of amides is 1. The lowest BCUT2D eigenvalue weighted by molar-refractivity contribution is -0.139. The van der Waals surface area contributed by atoms with Crippen molar-refractivity contribution in [3.63, 3.8) is 0 Å². The summed E-state index contributed by atoms with van der Waals surface area (Å²) in [6, 6.07) is 1.87. The van der Waals surface area contributed by atoms with Gasteiger partial charge < -0.3 is 4.90 Å². The van der Waals surface area contributed by atoms with E-state index in [1.165, 1.54) is 0 Å². The molecule has 1 aliphatic rings. The smallest absolute Gasteiger partial charge is 0.241 e. The Balaban J connectivity index is 2.94. The Morgan fingerprint density at radius 3 is 2.72 bits per heavy atom. The van der Waals surface area contributed by atoms with Crippen LogP contribution >= 0.6 is 0 Å². The number of hydrogen-bond acceptors (Lipinski definition) is 3. The van der Waals surface area contributed by atoms with Crippen LogP contribution in [0.25, 0.3) is 0 Å². The van der Waals surface area contributed by atoms with Crippen molar-refractivity contribution in [2.24, 2.45) is 0 Å². The minimum atomic E-state index is -0.270. The largest absolute Gasteiger partial charge is 0.336 e. The van der Waals surface area contributed by atoms with Gasteiger partial charge in [0.2, 0.25) is 5.91 Å². The molecule has 0 saturated carbocycles. The summed E-state index contributed by atoms with van der Waals surface area (Å²) in [7, 11) is 1.94. The first-order chi connectivity index (χ1) is 8.44. The molecule has 0 aromatic heterocycles. The molecular weight excluding hydrogens is 226 g/mol. The van der Waals surface area contributed by atoms with E-state index in [0.29, 0.717) is 0 Å². The summed E-state index contributed by atoms with van der Waals surface area (Å²) in [5, 5.41) is 8.89. The van der Waals surface area contributed by atoms with E-state index in [1.807, 2.05) is 16.8 Å². The molecule has 0 radical (unpaired) electrons. The molecule has 102 valence electrons. The lowest BCUT2D eigenvalue weighted by atomic mass is 9.97. The van der Waals surface area contributed by atoms with Crippen molar-refractivity contribution >= 4 is 5.91 Å². The van der Waals surface area contributed by atoms with Crippen LogP contribution in [0, 0.1) is 11.3 Å². The van der Waals surface area contributed by atoms with Gasteiger partial charge >= 0.3 is 0 Å². The highest BCUT2D eigenvalue weighted by molar-refractivity contribution is 5.83. The van der Waals surface area contributed by atoms with Crippen molar-refractivity contribution in [1.82, 2.24) is 9.80 Å². The third-order valence-electron chi connectivity index (χ3n) is 3.91. The Morgan fingerprint density at radius 2 is 2.17 bits per heavy atom. The van der Waals surface area contributed by atoms with Crippen molar-refractivity contribution in [2.75, 3.05) is 20.1 Å². The average Bonchev–Trinajstić information content (AvgIpc) is 2.39. The highest BCUT2D eigenvalue weighted by atomic mass is 16.2. The zero-order valence-corrected chi connectivity index (χ0v) is 12.1. The molecule has 0 aromatic rings. The van der Waals surface area contributed by atoms with Gasteiger partial charge in [0.15, 0.2) is 0 Å². The lowest BCUT2D eigenvalue weighted by Gasteiger charge is -2.38. The Labute approximate surface area is 111 Å². The van der Waals surface area contributed by atoms with Crippen LogP contribution in [0.15, 0.2) is 0 Å². The quantitative estimate of drug-likeness (QED) is 0.768. The van der Waals surface area contributed by atoms with Crippen LogP contribution in [-0.4, -0.2) is 47.4 Å². The zero-order valence-electron chi connectivity index (χ0n) is 12.1. The minimum Gasteiger partial charge on any atom is -0.336 e. The van der Waals surface area contributed by atoms with Gasteiger partial charge in [-0.25, -0.2) is 0 Å². The Kier molecular flexibility index (Phi) is 5.15. The number of carbonyl (C=O) groups excluding carboxylic acids is 1. The van der Waals surface area contributed by atoms with Gasteiger partial charge in [0.1, 0.15) is 6.04 Å². The van der Waals surface area contributed by atoms with E-state index in [-0.39, 0.29) is 23.9 Å². The predicted molar refractivity (Wildman–Crippen MR) is 72.0 cm³/mol. The fourth-order valence-corrected chi connectivity index (χ4v) is 2.47. The second kappa shape index (κ2) is 6.19. The lowest BCUT2D eigenvalue weighted by Crippen LogP contribution is -2.51. The van der Waals surface area contributed by atoms with E-state index in [9.17, 15) is 4.79 Å². The number of likely N-dealkylation sites (N-methyl/N-ethyl adjacent to an activating group) is 1. The van der Waals surface area contributed by atoms with Gasteiger partial charge in [-0.2, -0.15) is 5.26 Å². The Hall–Kier alpha value is -1.08. The van der Waals surface area contributed by atoms with Crippen LogP contribution in [0.5, 0.6) is 0 Å². The first-order valence-electron chi connectivity index (χ1n) is 6.82. The molecule has 4 nitrogen and oxygen atoms in total. The Bertz CT molecular complexity index is 332. The minimum absolute atomic E-state index is 0.106. The van der Waals surface area contributed by atoms with Gasteiger partial charge in [-0.1, -0.05) is 13.3 Å². The van der Waals surface area contributed by atoms with Crippen LogP contribution in [0.3, 0.4) is 0 Å². The van der Waals surface area contributed by atoms with E-state index in [0.717, 1.165) is 32.4 Å². The summed E-state index contributed by atoms with van der Waals surface area (Å²) < 4.78 is 0. The highest BCUT2D eigenvalue weighted by Crippen LogP contribution is 2.26. The van der Waals surface area contributed by atoms with Gasteiger partial charge in [0.25, 0.3) is 0 Å². The monoisotopic (exact) mass is 251 g/mol. The summed E-state index contributed by atoms with van der Waals surface area (Å²) in [4.78, 5) is 16.6. The molecule has 18 heavy (non-hydrogen) atoms. The summed E-state index contributed by atoms with van der Waals surface area (Å²) in [6.45, 7) is 8.06. The third kappa shape index (κ3) is 3.23. The fourth-order valence-electron chi connectivity index (χ4n) is 2.47. The molecule has 0 spiro atoms. The van der Waals surface area contributed by atoms with Gasteiger partial charge in [0, 0.05) is 18.6 Å². The molecule has 1 amide bonds. The van der Waals surface area contributed by atoms with Crippen LogP contribution < -0.4 is 0 Å². The second-order valence-electron chi connectivity index (χ2n) is 5.76. The first kappa shape index (κ1) is 15.0. The average molecular weight is 251 g/mol. The number of rotatable bonds is 4. The van der Waals surface area contributed by atoms with E-state index >= 15 is 0 Å². The molecule has 0 N–H and O–H groups in total. The summed E-state index contributed by atoms with van der Waals surface area (Å²) >= 11 is 0. The van der Waals surface area contributed by atoms with E-state index in [1.54, 1.807) is 0 Å². The van der Waals surface area contributed by atoms with Crippen molar-refractivity contribution < 1.29 is 4.79 Å². The molecule has 1 rings (SSSR count). The molecule has 1 atom stereocenters. The fraction of sp³-hybridized carbons (Fsp3) is 0.857. The standard InChI is InChI=1S/C14H25N3O/c1-5-6-10-17-13(18)12(7-9-15)16(4)11-8-14(17,2)3/h12H,5-8,10-11H2,1-4H3. The molecule has 1 unspecified atom stereocenters. The van der Waals surface area contributed by atoms with Crippen LogP contribution in [0.2, 0.25) is 0 Å². The molecule has 0 aliphatic carbocycles. The van der Waals surface area contributed by atoms with Gasteiger partial charge in [-0.05, 0) is 33.7 Å². The van der Waals surface area contributed by atoms with E-state index in [4.69, 9.17) is 5.26 Å². The second-order valence-corrected chi connectivity index (χ2v) is 5.76. The summed E-state index contributed by atoms with van der Waals surface area (Å²) in [6.07, 6.45) is 3.35. The molecular formula is C14H25N3O. The van der Waals surface area contributed by atoms with Crippen molar-refractivity contribution in [2.45, 2.75) is 58.0 Å².